The number of piperazine rings is 1. The van der Waals surface area contributed by atoms with Crippen molar-refractivity contribution in [2.75, 3.05) is 31.1 Å². The fourth-order valence-corrected chi connectivity index (χ4v) is 4.33. The van der Waals surface area contributed by atoms with Gasteiger partial charge in [0.1, 0.15) is 10.6 Å². The highest BCUT2D eigenvalue weighted by atomic mass is 32.1. The zero-order valence-corrected chi connectivity index (χ0v) is 16.5. The molecule has 3 aromatic heterocycles. The Labute approximate surface area is 173 Å². The summed E-state index contributed by atoms with van der Waals surface area (Å²) in [7, 11) is 0. The molecule has 0 bridgehead atoms. The third-order valence-corrected chi connectivity index (χ3v) is 5.86. The van der Waals surface area contributed by atoms with E-state index in [4.69, 9.17) is 4.42 Å². The summed E-state index contributed by atoms with van der Waals surface area (Å²) in [5.41, 5.74) is 1.15. The summed E-state index contributed by atoms with van der Waals surface area (Å²) < 4.78 is 6.77. The van der Waals surface area contributed by atoms with Crippen LogP contribution in [0.3, 0.4) is 0 Å². The van der Waals surface area contributed by atoms with Gasteiger partial charge >= 0.3 is 5.88 Å². The molecule has 152 valence electrons. The number of furan rings is 1. The third kappa shape index (κ3) is 3.13. The maximum atomic E-state index is 13.4. The molecule has 1 fully saturated rings. The lowest BCUT2D eigenvalue weighted by atomic mass is 10.2. The molecule has 4 heterocycles. The second-order valence-corrected chi connectivity index (χ2v) is 7.71. The Morgan fingerprint density at radius 1 is 1.13 bits per heavy atom. The standard InChI is InChI=1S/C19H16N6O4S/c26-18-14(23-9-7-20-8-10-23)11-12-3-1-2-4-13(12)24(18)19-22-21-17(30-19)15-5-6-16(29-15)25(27)28/h1-6,11,20H,7-10H2. The van der Waals surface area contributed by atoms with Crippen molar-refractivity contribution in [1.82, 2.24) is 20.1 Å². The lowest BCUT2D eigenvalue weighted by Crippen LogP contribution is -2.45. The van der Waals surface area contributed by atoms with Crippen LogP contribution in [0.1, 0.15) is 0 Å². The number of nitrogens with zero attached hydrogens (tertiary/aromatic N) is 5. The molecule has 0 spiro atoms. The van der Waals surface area contributed by atoms with Gasteiger partial charge in [-0.1, -0.05) is 29.5 Å². The van der Waals surface area contributed by atoms with Gasteiger partial charge in [-0.2, -0.15) is 0 Å². The van der Waals surface area contributed by atoms with Crippen molar-refractivity contribution < 1.29 is 9.34 Å². The maximum absolute atomic E-state index is 13.4. The van der Waals surface area contributed by atoms with Gasteiger partial charge in [0, 0.05) is 31.6 Å². The normalized spacial score (nSPS) is 14.3. The van der Waals surface area contributed by atoms with Gasteiger partial charge in [0.15, 0.2) is 10.8 Å². The van der Waals surface area contributed by atoms with Crippen LogP contribution < -0.4 is 15.8 Å². The monoisotopic (exact) mass is 424 g/mol. The minimum atomic E-state index is -0.611. The topological polar surface area (TPSA) is 119 Å². The summed E-state index contributed by atoms with van der Waals surface area (Å²) in [5, 5.41) is 24.1. The molecule has 1 N–H and O–H groups in total. The molecule has 0 amide bonds. The number of fused-ring (bicyclic) bond motifs is 1. The Hall–Kier alpha value is -3.57. The minimum Gasteiger partial charge on any atom is -0.398 e. The van der Waals surface area contributed by atoms with Gasteiger partial charge in [0.25, 0.3) is 5.56 Å². The van der Waals surface area contributed by atoms with Crippen molar-refractivity contribution in [2.24, 2.45) is 0 Å². The fraction of sp³-hybridized carbons (Fsp3) is 0.211. The van der Waals surface area contributed by atoms with Crippen molar-refractivity contribution in [3.63, 3.8) is 0 Å². The summed E-state index contributed by atoms with van der Waals surface area (Å²) in [5.74, 6) is -0.133. The number of anilines is 1. The molecule has 1 aliphatic rings. The van der Waals surface area contributed by atoms with Gasteiger partial charge < -0.3 is 14.6 Å². The Balaban J connectivity index is 1.65. The molecule has 5 rings (SSSR count). The average Bonchev–Trinajstić information content (AvgIpc) is 3.44. The molecule has 0 unspecified atom stereocenters. The van der Waals surface area contributed by atoms with Crippen LogP contribution in [0.4, 0.5) is 11.6 Å². The van der Waals surface area contributed by atoms with Crippen molar-refractivity contribution in [1.29, 1.82) is 0 Å². The molecular formula is C19H16N6O4S. The number of aromatic nitrogens is 3. The molecule has 1 saturated heterocycles. The molecule has 30 heavy (non-hydrogen) atoms. The second-order valence-electron chi connectivity index (χ2n) is 6.75. The second kappa shape index (κ2) is 7.35. The summed E-state index contributed by atoms with van der Waals surface area (Å²) in [6, 6.07) is 12.2. The Bertz CT molecular complexity index is 1300. The van der Waals surface area contributed by atoms with Crippen LogP contribution in [0.15, 0.2) is 51.7 Å². The molecule has 11 heteroatoms. The van der Waals surface area contributed by atoms with Gasteiger partial charge in [-0.3, -0.25) is 14.9 Å². The van der Waals surface area contributed by atoms with Gasteiger partial charge in [-0.15, -0.1) is 10.2 Å². The van der Waals surface area contributed by atoms with Gasteiger partial charge in [0.05, 0.1) is 11.6 Å². The van der Waals surface area contributed by atoms with E-state index in [1.54, 1.807) is 4.57 Å². The van der Waals surface area contributed by atoms with Crippen LogP contribution in [0.2, 0.25) is 0 Å². The van der Waals surface area contributed by atoms with E-state index in [0.717, 1.165) is 48.4 Å². The van der Waals surface area contributed by atoms with Crippen LogP contribution in [-0.2, 0) is 0 Å². The van der Waals surface area contributed by atoms with Crippen LogP contribution in [0, 0.1) is 10.1 Å². The van der Waals surface area contributed by atoms with Crippen molar-refractivity contribution >= 4 is 33.8 Å². The SMILES string of the molecule is O=c1c(N2CCNCC2)cc2ccccc2n1-c1nnc(-c2ccc([N+](=O)[O-])o2)s1. The molecule has 0 radical (unpaired) electrons. The van der Waals surface area contributed by atoms with E-state index in [-0.39, 0.29) is 17.2 Å². The molecule has 0 aliphatic carbocycles. The van der Waals surface area contributed by atoms with E-state index in [1.807, 2.05) is 30.3 Å². The van der Waals surface area contributed by atoms with E-state index >= 15 is 0 Å². The summed E-state index contributed by atoms with van der Waals surface area (Å²) in [6.07, 6.45) is 0. The van der Waals surface area contributed by atoms with Crippen LogP contribution >= 0.6 is 11.3 Å². The summed E-state index contributed by atoms with van der Waals surface area (Å²) in [6.45, 7) is 3.11. The summed E-state index contributed by atoms with van der Waals surface area (Å²) >= 11 is 1.14. The van der Waals surface area contributed by atoms with Crippen molar-refractivity contribution in [3.8, 4) is 15.9 Å². The van der Waals surface area contributed by atoms with Crippen molar-refractivity contribution in [3.05, 3.63) is 62.9 Å². The van der Waals surface area contributed by atoms with Gasteiger partial charge in [-0.05, 0) is 18.2 Å². The average molecular weight is 424 g/mol. The number of hydrogen-bond acceptors (Lipinski definition) is 9. The first-order chi connectivity index (χ1) is 14.6. The molecule has 0 atom stereocenters. The van der Waals surface area contributed by atoms with Gasteiger partial charge in [0.2, 0.25) is 5.13 Å². The first-order valence-corrected chi connectivity index (χ1v) is 10.1. The van der Waals surface area contributed by atoms with Gasteiger partial charge in [-0.25, -0.2) is 4.57 Å². The molecule has 4 aromatic rings. The number of hydrogen-bond donors (Lipinski definition) is 1. The largest absolute Gasteiger partial charge is 0.433 e. The lowest BCUT2D eigenvalue weighted by molar-refractivity contribution is -0.401. The predicted octanol–water partition coefficient (Wildman–Crippen LogP) is 2.42. The number of rotatable bonds is 4. The van der Waals surface area contributed by atoms with E-state index in [1.165, 1.54) is 12.1 Å². The quantitative estimate of drug-likeness (QED) is 0.392. The molecular weight excluding hydrogens is 408 g/mol. The number of benzene rings is 1. The molecule has 0 saturated carbocycles. The van der Waals surface area contributed by atoms with E-state index in [2.05, 4.69) is 20.4 Å². The van der Waals surface area contributed by atoms with Crippen LogP contribution in [0.5, 0.6) is 0 Å². The highest BCUT2D eigenvalue weighted by Crippen LogP contribution is 2.31. The Morgan fingerprint density at radius 2 is 1.93 bits per heavy atom. The zero-order chi connectivity index (χ0) is 20.7. The Morgan fingerprint density at radius 3 is 2.70 bits per heavy atom. The first kappa shape index (κ1) is 18.5. The van der Waals surface area contributed by atoms with E-state index in [0.29, 0.717) is 15.8 Å². The lowest BCUT2D eigenvalue weighted by Gasteiger charge is -2.29. The summed E-state index contributed by atoms with van der Waals surface area (Å²) in [4.78, 5) is 25.8. The molecule has 1 aliphatic heterocycles. The smallest absolute Gasteiger partial charge is 0.398 e. The fourth-order valence-electron chi connectivity index (χ4n) is 3.51. The third-order valence-electron chi connectivity index (χ3n) is 4.94. The van der Waals surface area contributed by atoms with E-state index < -0.39 is 4.92 Å². The molecule has 1 aromatic carbocycles. The molecule has 10 nitrogen and oxygen atoms in total. The van der Waals surface area contributed by atoms with Crippen LogP contribution in [0.25, 0.3) is 26.8 Å². The number of nitrogens with one attached hydrogen (secondary N) is 1. The number of pyridine rings is 1. The first-order valence-electron chi connectivity index (χ1n) is 9.31. The Kier molecular flexibility index (Phi) is 4.52. The zero-order valence-electron chi connectivity index (χ0n) is 15.6. The van der Waals surface area contributed by atoms with E-state index in [9.17, 15) is 14.9 Å². The number of para-hydroxylation sites is 1. The van der Waals surface area contributed by atoms with Crippen LogP contribution in [-0.4, -0.2) is 45.9 Å². The number of nitro groups is 1. The highest BCUT2D eigenvalue weighted by Gasteiger charge is 2.21. The van der Waals surface area contributed by atoms with Crippen molar-refractivity contribution in [2.45, 2.75) is 0 Å². The highest BCUT2D eigenvalue weighted by molar-refractivity contribution is 7.17. The predicted molar refractivity (Wildman–Crippen MR) is 112 cm³/mol. The maximum Gasteiger partial charge on any atom is 0.433 e. The minimum absolute atomic E-state index is 0.177.